The van der Waals surface area contributed by atoms with Crippen LogP contribution in [0.1, 0.15) is 53.9 Å². The van der Waals surface area contributed by atoms with Gasteiger partial charge in [-0.1, -0.05) is 13.8 Å². The minimum Gasteiger partial charge on any atom is -0.464 e. The van der Waals surface area contributed by atoms with Gasteiger partial charge in [0.15, 0.2) is 0 Å². The highest BCUT2D eigenvalue weighted by atomic mass is 16.7. The first-order chi connectivity index (χ1) is 12.4. The molecule has 10 heteroatoms. The van der Waals surface area contributed by atoms with Gasteiger partial charge >= 0.3 is 18.0 Å². The Hall–Kier alpha value is -2.65. The number of hydrogen-bond donors (Lipinski definition) is 1. The highest BCUT2D eigenvalue weighted by Crippen LogP contribution is 2.14. The first-order valence-electron chi connectivity index (χ1n) is 8.61. The van der Waals surface area contributed by atoms with Gasteiger partial charge in [0.1, 0.15) is 11.6 Å². The molecule has 27 heavy (non-hydrogen) atoms. The zero-order valence-corrected chi connectivity index (χ0v) is 16.2. The van der Waals surface area contributed by atoms with E-state index in [9.17, 15) is 24.0 Å². The first kappa shape index (κ1) is 22.4. The summed E-state index contributed by atoms with van der Waals surface area (Å²) < 4.78 is 10.1. The van der Waals surface area contributed by atoms with Gasteiger partial charge in [0.25, 0.3) is 11.8 Å². The number of carbonyl (C=O) groups is 5. The van der Waals surface area contributed by atoms with Crippen LogP contribution in [-0.2, 0) is 33.5 Å². The molecule has 1 aliphatic heterocycles. The molecule has 0 bridgehead atoms. The monoisotopic (exact) mass is 386 g/mol. The minimum absolute atomic E-state index is 0.0444. The van der Waals surface area contributed by atoms with E-state index < -0.39 is 47.9 Å². The molecule has 1 fully saturated rings. The molecule has 152 valence electrons. The van der Waals surface area contributed by atoms with Gasteiger partial charge in [-0.25, -0.2) is 14.4 Å². The number of rotatable bonds is 7. The summed E-state index contributed by atoms with van der Waals surface area (Å²) in [5.74, 6) is -3.14. The molecular formula is C17H26N2O8. The summed E-state index contributed by atoms with van der Waals surface area (Å²) in [6.07, 6.45) is -1.66. The summed E-state index contributed by atoms with van der Waals surface area (Å²) in [7, 11) is 0. The van der Waals surface area contributed by atoms with Crippen molar-refractivity contribution in [3.63, 3.8) is 0 Å². The second-order valence-corrected chi connectivity index (χ2v) is 7.47. The lowest BCUT2D eigenvalue weighted by atomic mass is 10.2. The van der Waals surface area contributed by atoms with Crippen molar-refractivity contribution in [1.82, 2.24) is 10.4 Å². The smallest absolute Gasteiger partial charge is 0.408 e. The van der Waals surface area contributed by atoms with Crippen LogP contribution in [0.3, 0.4) is 0 Å². The standard InChI is InChI=1S/C17H26N2O8/c1-10(2)9-25-15(23)11(18-16(24)26-17(3,4)5)8-14(22)27-19-12(20)6-7-13(19)21/h10-11H,6-9H2,1-5H3,(H,18,24). The topological polar surface area (TPSA) is 128 Å². The molecule has 1 aliphatic rings. The van der Waals surface area contributed by atoms with E-state index in [4.69, 9.17) is 14.3 Å². The van der Waals surface area contributed by atoms with E-state index in [0.717, 1.165) is 0 Å². The van der Waals surface area contributed by atoms with Crippen molar-refractivity contribution in [2.24, 2.45) is 5.92 Å². The number of hydrogen-bond acceptors (Lipinski definition) is 8. The number of nitrogens with zero attached hydrogens (tertiary/aromatic N) is 1. The third-order valence-corrected chi connectivity index (χ3v) is 3.10. The van der Waals surface area contributed by atoms with Gasteiger partial charge in [-0.05, 0) is 26.7 Å². The number of ether oxygens (including phenoxy) is 2. The van der Waals surface area contributed by atoms with Crippen LogP contribution >= 0.6 is 0 Å². The van der Waals surface area contributed by atoms with Gasteiger partial charge in [0.2, 0.25) is 0 Å². The molecule has 10 nitrogen and oxygen atoms in total. The maximum atomic E-state index is 12.2. The van der Waals surface area contributed by atoms with Crippen LogP contribution in [0.4, 0.5) is 4.79 Å². The number of esters is 1. The summed E-state index contributed by atoms with van der Waals surface area (Å²) in [4.78, 5) is 63.9. The summed E-state index contributed by atoms with van der Waals surface area (Å²) in [5.41, 5.74) is -0.814. The quantitative estimate of drug-likeness (QED) is 0.508. The number of hydroxylamine groups is 2. The number of amides is 3. The number of alkyl carbamates (subject to hydrolysis) is 1. The molecule has 1 rings (SSSR count). The van der Waals surface area contributed by atoms with Crippen molar-refractivity contribution < 1.29 is 38.3 Å². The molecule has 1 N–H and O–H groups in total. The van der Waals surface area contributed by atoms with Crippen LogP contribution in [0, 0.1) is 5.92 Å². The Morgan fingerprint density at radius 3 is 2.15 bits per heavy atom. The van der Waals surface area contributed by atoms with Gasteiger partial charge in [-0.2, -0.15) is 0 Å². The van der Waals surface area contributed by atoms with Crippen LogP contribution in [0.5, 0.6) is 0 Å². The van der Waals surface area contributed by atoms with E-state index in [1.54, 1.807) is 20.8 Å². The predicted molar refractivity (Wildman–Crippen MR) is 90.8 cm³/mol. The van der Waals surface area contributed by atoms with Crippen LogP contribution in [-0.4, -0.2) is 53.2 Å². The fourth-order valence-corrected chi connectivity index (χ4v) is 1.96. The molecular weight excluding hydrogens is 360 g/mol. The second kappa shape index (κ2) is 9.33. The average Bonchev–Trinajstić information content (AvgIpc) is 2.82. The van der Waals surface area contributed by atoms with Gasteiger partial charge < -0.3 is 19.6 Å². The second-order valence-electron chi connectivity index (χ2n) is 7.47. The van der Waals surface area contributed by atoms with Crippen molar-refractivity contribution in [2.75, 3.05) is 6.61 Å². The fourth-order valence-electron chi connectivity index (χ4n) is 1.96. The normalized spacial score (nSPS) is 15.6. The zero-order valence-electron chi connectivity index (χ0n) is 16.2. The fraction of sp³-hybridized carbons (Fsp3) is 0.706. The van der Waals surface area contributed by atoms with Gasteiger partial charge in [0, 0.05) is 12.8 Å². The van der Waals surface area contributed by atoms with Crippen molar-refractivity contribution >= 4 is 29.8 Å². The Bertz CT molecular complexity index is 593. The number of nitrogens with one attached hydrogen (secondary N) is 1. The Kier molecular flexibility index (Phi) is 7.74. The molecule has 1 saturated heterocycles. The van der Waals surface area contributed by atoms with Gasteiger partial charge in [-0.15, -0.1) is 5.06 Å². The van der Waals surface area contributed by atoms with Crippen LogP contribution in [0.15, 0.2) is 0 Å². The molecule has 0 aromatic heterocycles. The average molecular weight is 386 g/mol. The largest absolute Gasteiger partial charge is 0.464 e. The lowest BCUT2D eigenvalue weighted by Gasteiger charge is -2.23. The lowest BCUT2D eigenvalue weighted by molar-refractivity contribution is -0.198. The number of carbonyl (C=O) groups excluding carboxylic acids is 5. The summed E-state index contributed by atoms with van der Waals surface area (Å²) >= 11 is 0. The van der Waals surface area contributed by atoms with Crippen molar-refractivity contribution in [1.29, 1.82) is 0 Å². The van der Waals surface area contributed by atoms with Crippen molar-refractivity contribution in [3.05, 3.63) is 0 Å². The van der Waals surface area contributed by atoms with Crippen LogP contribution in [0.25, 0.3) is 0 Å². The van der Waals surface area contributed by atoms with Gasteiger partial charge in [0.05, 0.1) is 13.0 Å². The highest BCUT2D eigenvalue weighted by molar-refractivity contribution is 6.01. The van der Waals surface area contributed by atoms with E-state index in [1.807, 2.05) is 13.8 Å². The summed E-state index contributed by atoms with van der Waals surface area (Å²) in [6.45, 7) is 8.64. The van der Waals surface area contributed by atoms with E-state index in [0.29, 0.717) is 5.06 Å². The predicted octanol–water partition coefficient (Wildman–Crippen LogP) is 1.08. The Labute approximate surface area is 157 Å². The van der Waals surface area contributed by atoms with E-state index >= 15 is 0 Å². The molecule has 1 atom stereocenters. The van der Waals surface area contributed by atoms with Gasteiger partial charge in [-0.3, -0.25) is 9.59 Å². The summed E-state index contributed by atoms with van der Waals surface area (Å²) in [5, 5.41) is 2.62. The van der Waals surface area contributed by atoms with Crippen molar-refractivity contribution in [2.45, 2.75) is 65.5 Å². The van der Waals surface area contributed by atoms with E-state index in [-0.39, 0.29) is 25.4 Å². The molecule has 0 aliphatic carbocycles. The molecule has 0 aromatic carbocycles. The third kappa shape index (κ3) is 8.06. The minimum atomic E-state index is -1.39. The molecule has 3 amide bonds. The first-order valence-corrected chi connectivity index (χ1v) is 8.61. The maximum Gasteiger partial charge on any atom is 0.408 e. The Morgan fingerprint density at radius 2 is 1.67 bits per heavy atom. The molecule has 1 unspecified atom stereocenters. The molecule has 0 spiro atoms. The Balaban J connectivity index is 2.75. The summed E-state index contributed by atoms with van der Waals surface area (Å²) in [6, 6.07) is -1.39. The number of imide groups is 1. The maximum absolute atomic E-state index is 12.2. The van der Waals surface area contributed by atoms with E-state index in [2.05, 4.69) is 5.32 Å². The Morgan fingerprint density at radius 1 is 1.11 bits per heavy atom. The zero-order chi connectivity index (χ0) is 20.8. The van der Waals surface area contributed by atoms with Crippen LogP contribution < -0.4 is 5.32 Å². The molecule has 0 saturated carbocycles. The SMILES string of the molecule is CC(C)COC(=O)C(CC(=O)ON1C(=O)CCC1=O)NC(=O)OC(C)(C)C. The highest BCUT2D eigenvalue weighted by Gasteiger charge is 2.35. The third-order valence-electron chi connectivity index (χ3n) is 3.10. The van der Waals surface area contributed by atoms with Crippen molar-refractivity contribution in [3.8, 4) is 0 Å². The molecule has 1 heterocycles. The molecule has 0 radical (unpaired) electrons. The van der Waals surface area contributed by atoms with Crippen LogP contribution in [0.2, 0.25) is 0 Å². The lowest BCUT2D eigenvalue weighted by Crippen LogP contribution is -2.46. The van der Waals surface area contributed by atoms with E-state index in [1.165, 1.54) is 0 Å². The molecule has 0 aromatic rings.